The maximum atomic E-state index is 12.0. The average molecular weight is 214 g/mol. The number of amides is 1. The van der Waals surface area contributed by atoms with Gasteiger partial charge in [0.1, 0.15) is 0 Å². The quantitative estimate of drug-likeness (QED) is 0.735. The van der Waals surface area contributed by atoms with E-state index in [4.69, 9.17) is 5.73 Å². The van der Waals surface area contributed by atoms with Gasteiger partial charge in [-0.05, 0) is 26.2 Å². The van der Waals surface area contributed by atoms with Gasteiger partial charge in [-0.1, -0.05) is 27.2 Å². The summed E-state index contributed by atoms with van der Waals surface area (Å²) in [6.45, 7) is 11.2. The first-order valence-electron chi connectivity index (χ1n) is 5.96. The van der Waals surface area contributed by atoms with Crippen LogP contribution in [-0.4, -0.2) is 29.4 Å². The van der Waals surface area contributed by atoms with Crippen LogP contribution < -0.4 is 5.73 Å². The summed E-state index contributed by atoms with van der Waals surface area (Å²) in [5, 5.41) is 0. The Kier molecular flexibility index (Phi) is 6.57. The van der Waals surface area contributed by atoms with Gasteiger partial charge in [0.05, 0.1) is 6.04 Å². The van der Waals surface area contributed by atoms with Crippen molar-refractivity contribution in [3.63, 3.8) is 0 Å². The van der Waals surface area contributed by atoms with E-state index in [0.717, 1.165) is 19.4 Å². The van der Waals surface area contributed by atoms with Crippen LogP contribution in [0.1, 0.15) is 47.5 Å². The number of nitrogens with two attached hydrogens (primary N) is 1. The summed E-state index contributed by atoms with van der Waals surface area (Å²) in [7, 11) is 0. The molecule has 90 valence electrons. The second kappa shape index (κ2) is 6.83. The summed E-state index contributed by atoms with van der Waals surface area (Å²) < 4.78 is 0. The summed E-state index contributed by atoms with van der Waals surface area (Å²) in [6, 6.07) is -0.0843. The molecule has 0 aromatic rings. The predicted molar refractivity (Wildman–Crippen MR) is 64.6 cm³/mol. The molecule has 0 aromatic carbocycles. The normalized spacial score (nSPS) is 13.3. The van der Waals surface area contributed by atoms with Crippen molar-refractivity contribution in [2.24, 2.45) is 11.7 Å². The maximum Gasteiger partial charge on any atom is 0.239 e. The minimum atomic E-state index is -0.323. The lowest BCUT2D eigenvalue weighted by atomic mass is 10.1. The highest BCUT2D eigenvalue weighted by Gasteiger charge is 2.22. The molecule has 0 aliphatic carbocycles. The second-order valence-corrected chi connectivity index (χ2v) is 4.87. The smallest absolute Gasteiger partial charge is 0.239 e. The molecule has 0 bridgehead atoms. The van der Waals surface area contributed by atoms with E-state index in [2.05, 4.69) is 20.8 Å². The number of hydrogen-bond donors (Lipinski definition) is 1. The first-order chi connectivity index (χ1) is 6.90. The molecule has 0 rings (SSSR count). The molecule has 3 nitrogen and oxygen atoms in total. The summed E-state index contributed by atoms with van der Waals surface area (Å²) in [5.41, 5.74) is 5.85. The van der Waals surface area contributed by atoms with Crippen molar-refractivity contribution < 1.29 is 4.79 Å². The lowest BCUT2D eigenvalue weighted by molar-refractivity contribution is -0.135. The molecule has 1 atom stereocenters. The maximum absolute atomic E-state index is 12.0. The van der Waals surface area contributed by atoms with Crippen LogP contribution in [0.3, 0.4) is 0 Å². The third kappa shape index (κ3) is 5.17. The minimum Gasteiger partial charge on any atom is -0.339 e. The van der Waals surface area contributed by atoms with E-state index < -0.39 is 0 Å². The van der Waals surface area contributed by atoms with E-state index in [0.29, 0.717) is 5.92 Å². The average Bonchev–Trinajstić information content (AvgIpc) is 2.12. The lowest BCUT2D eigenvalue weighted by Gasteiger charge is -2.30. The molecule has 0 heterocycles. The second-order valence-electron chi connectivity index (χ2n) is 4.87. The molecule has 15 heavy (non-hydrogen) atoms. The number of hydrogen-bond acceptors (Lipinski definition) is 2. The summed E-state index contributed by atoms with van der Waals surface area (Å²) in [4.78, 5) is 13.9. The van der Waals surface area contributed by atoms with Crippen LogP contribution in [0.4, 0.5) is 0 Å². The zero-order valence-electron chi connectivity index (χ0n) is 10.8. The summed E-state index contributed by atoms with van der Waals surface area (Å²) in [6.07, 6.45) is 1.74. The van der Waals surface area contributed by atoms with Crippen LogP contribution in [0, 0.1) is 5.92 Å². The molecule has 0 aromatic heterocycles. The molecule has 0 saturated heterocycles. The van der Waals surface area contributed by atoms with Crippen molar-refractivity contribution in [2.45, 2.75) is 59.5 Å². The monoisotopic (exact) mass is 214 g/mol. The topological polar surface area (TPSA) is 46.3 Å². The Balaban J connectivity index is 4.41. The van der Waals surface area contributed by atoms with Gasteiger partial charge in [-0.2, -0.15) is 0 Å². The molecule has 0 aliphatic rings. The number of carbonyl (C=O) groups is 1. The molecule has 2 N–H and O–H groups in total. The third-order valence-electron chi connectivity index (χ3n) is 2.39. The van der Waals surface area contributed by atoms with Gasteiger partial charge in [0.25, 0.3) is 0 Å². The van der Waals surface area contributed by atoms with Crippen molar-refractivity contribution in [3.8, 4) is 0 Å². The Morgan fingerprint density at radius 3 is 2.13 bits per heavy atom. The molecule has 0 fully saturated rings. The molecule has 0 radical (unpaired) electrons. The fraction of sp³-hybridized carbons (Fsp3) is 0.917. The van der Waals surface area contributed by atoms with Crippen LogP contribution in [0.5, 0.6) is 0 Å². The van der Waals surface area contributed by atoms with E-state index in [1.165, 1.54) is 0 Å². The highest BCUT2D eigenvalue weighted by Crippen LogP contribution is 2.08. The number of rotatable bonds is 6. The van der Waals surface area contributed by atoms with Crippen LogP contribution >= 0.6 is 0 Å². The Bertz CT molecular complexity index is 190. The van der Waals surface area contributed by atoms with E-state index in [9.17, 15) is 4.79 Å². The SMILES string of the molecule is CCCC(N)C(=O)N(CC(C)C)C(C)C. The van der Waals surface area contributed by atoms with E-state index in [-0.39, 0.29) is 18.0 Å². The zero-order valence-corrected chi connectivity index (χ0v) is 10.8. The van der Waals surface area contributed by atoms with Gasteiger partial charge >= 0.3 is 0 Å². The molecule has 1 unspecified atom stereocenters. The van der Waals surface area contributed by atoms with E-state index >= 15 is 0 Å². The Hall–Kier alpha value is -0.570. The van der Waals surface area contributed by atoms with E-state index in [1.807, 2.05) is 18.7 Å². The Morgan fingerprint density at radius 2 is 1.80 bits per heavy atom. The van der Waals surface area contributed by atoms with Gasteiger partial charge in [0.2, 0.25) is 5.91 Å². The largest absolute Gasteiger partial charge is 0.339 e. The first-order valence-corrected chi connectivity index (χ1v) is 5.96. The zero-order chi connectivity index (χ0) is 12.0. The third-order valence-corrected chi connectivity index (χ3v) is 2.39. The van der Waals surface area contributed by atoms with Gasteiger partial charge in [0, 0.05) is 12.6 Å². The minimum absolute atomic E-state index is 0.0977. The molecule has 0 spiro atoms. The first kappa shape index (κ1) is 14.4. The number of carbonyl (C=O) groups excluding carboxylic acids is 1. The van der Waals surface area contributed by atoms with Crippen molar-refractivity contribution in [1.29, 1.82) is 0 Å². The Morgan fingerprint density at radius 1 is 1.27 bits per heavy atom. The van der Waals surface area contributed by atoms with Gasteiger partial charge in [0.15, 0.2) is 0 Å². The van der Waals surface area contributed by atoms with Gasteiger partial charge < -0.3 is 10.6 Å². The molecule has 3 heteroatoms. The fourth-order valence-electron chi connectivity index (χ4n) is 1.60. The predicted octanol–water partition coefficient (Wildman–Crippen LogP) is 2.01. The molecule has 0 saturated carbocycles. The van der Waals surface area contributed by atoms with E-state index in [1.54, 1.807) is 0 Å². The summed E-state index contributed by atoms with van der Waals surface area (Å²) in [5.74, 6) is 0.589. The molecular formula is C12H26N2O. The fourth-order valence-corrected chi connectivity index (χ4v) is 1.60. The highest BCUT2D eigenvalue weighted by atomic mass is 16.2. The molecular weight excluding hydrogens is 188 g/mol. The molecule has 1 amide bonds. The van der Waals surface area contributed by atoms with Crippen molar-refractivity contribution in [1.82, 2.24) is 4.90 Å². The van der Waals surface area contributed by atoms with Crippen molar-refractivity contribution in [3.05, 3.63) is 0 Å². The standard InChI is InChI=1S/C12H26N2O/c1-6-7-11(13)12(15)14(10(4)5)8-9(2)3/h9-11H,6-8,13H2,1-5H3. The van der Waals surface area contributed by atoms with Crippen molar-refractivity contribution >= 4 is 5.91 Å². The highest BCUT2D eigenvalue weighted by molar-refractivity contribution is 5.81. The summed E-state index contributed by atoms with van der Waals surface area (Å²) >= 11 is 0. The number of nitrogens with zero attached hydrogens (tertiary/aromatic N) is 1. The van der Waals surface area contributed by atoms with Crippen molar-refractivity contribution in [2.75, 3.05) is 6.54 Å². The van der Waals surface area contributed by atoms with Gasteiger partial charge in [-0.25, -0.2) is 0 Å². The van der Waals surface area contributed by atoms with Gasteiger partial charge in [-0.3, -0.25) is 4.79 Å². The van der Waals surface area contributed by atoms with Crippen LogP contribution in [0.2, 0.25) is 0 Å². The van der Waals surface area contributed by atoms with Gasteiger partial charge in [-0.15, -0.1) is 0 Å². The van der Waals surface area contributed by atoms with Crippen LogP contribution in [0.25, 0.3) is 0 Å². The van der Waals surface area contributed by atoms with Crippen LogP contribution in [-0.2, 0) is 4.79 Å². The Labute approximate surface area is 94.0 Å². The molecule has 0 aliphatic heterocycles. The lowest BCUT2D eigenvalue weighted by Crippen LogP contribution is -2.48. The van der Waals surface area contributed by atoms with Crippen LogP contribution in [0.15, 0.2) is 0 Å².